The van der Waals surface area contributed by atoms with Crippen molar-refractivity contribution in [3.8, 4) is 0 Å². The molecule has 0 saturated carbocycles. The lowest BCUT2D eigenvalue weighted by Crippen LogP contribution is -2.53. The van der Waals surface area contributed by atoms with E-state index < -0.39 is 52.2 Å². The van der Waals surface area contributed by atoms with E-state index in [1.807, 2.05) is 0 Å². The van der Waals surface area contributed by atoms with Crippen LogP contribution in [0.2, 0.25) is 5.02 Å². The molecule has 0 amide bonds. The molecule has 0 N–H and O–H groups in total. The van der Waals surface area contributed by atoms with Crippen molar-refractivity contribution in [1.82, 2.24) is 7.42 Å². The van der Waals surface area contributed by atoms with Crippen LogP contribution in [0.1, 0.15) is 31.4 Å². The lowest BCUT2D eigenvalue weighted by molar-refractivity contribution is 0.284. The van der Waals surface area contributed by atoms with Crippen molar-refractivity contribution < 1.29 is 33.7 Å². The molecule has 15 heteroatoms. The first kappa shape index (κ1) is 27.3. The van der Waals surface area contributed by atoms with Crippen molar-refractivity contribution in [2.75, 3.05) is 25.0 Å². The van der Waals surface area contributed by atoms with Gasteiger partial charge in [0.25, 0.3) is 0 Å². The number of benzene rings is 1. The van der Waals surface area contributed by atoms with E-state index in [1.54, 1.807) is 6.92 Å². The normalized spacial score (nSPS) is 16.0. The summed E-state index contributed by atoms with van der Waals surface area (Å²) in [7, 11) is -17.9. The SMILES string of the molecule is CCC[C@H]([C@H](c1ccccc1Cl)N(S(C)(=O)=O)S(C)(=O)=O)N(S(C)(=O)=O)S(C)(=O)=O. The smallest absolute Gasteiger partial charge is 0.212 e. The number of rotatable bonds is 10. The van der Waals surface area contributed by atoms with E-state index in [4.69, 9.17) is 11.6 Å². The quantitative estimate of drug-likeness (QED) is 0.441. The minimum absolute atomic E-state index is 0.0502. The van der Waals surface area contributed by atoms with E-state index in [-0.39, 0.29) is 30.8 Å². The van der Waals surface area contributed by atoms with Gasteiger partial charge in [-0.1, -0.05) is 50.6 Å². The number of hydrogen-bond acceptors (Lipinski definition) is 8. The third kappa shape index (κ3) is 6.61. The fraction of sp³-hybridized carbons (Fsp3) is 0.600. The van der Waals surface area contributed by atoms with E-state index in [0.717, 1.165) is 0 Å². The van der Waals surface area contributed by atoms with Gasteiger partial charge in [0.05, 0.1) is 37.1 Å². The molecule has 2 atom stereocenters. The molecule has 0 spiro atoms. The zero-order valence-electron chi connectivity index (χ0n) is 17.0. The number of nitrogens with zero attached hydrogens (tertiary/aromatic N) is 2. The fourth-order valence-corrected chi connectivity index (χ4v) is 10.2. The highest BCUT2D eigenvalue weighted by Crippen LogP contribution is 2.39. The van der Waals surface area contributed by atoms with Crippen LogP contribution in [0.4, 0.5) is 0 Å². The van der Waals surface area contributed by atoms with Crippen molar-refractivity contribution in [1.29, 1.82) is 0 Å². The molecule has 0 aliphatic carbocycles. The van der Waals surface area contributed by atoms with Crippen LogP contribution in [0.25, 0.3) is 0 Å². The third-order valence-electron chi connectivity index (χ3n) is 3.98. The van der Waals surface area contributed by atoms with Gasteiger partial charge in [-0.25, -0.2) is 33.7 Å². The summed E-state index contributed by atoms with van der Waals surface area (Å²) in [6.07, 6.45) is 2.60. The van der Waals surface area contributed by atoms with E-state index in [9.17, 15) is 33.7 Å². The molecule has 0 aliphatic heterocycles. The molecule has 1 rings (SSSR count). The third-order valence-corrected chi connectivity index (χ3v) is 11.2. The number of sulfonamides is 4. The molecule has 1 aromatic carbocycles. The van der Waals surface area contributed by atoms with Crippen LogP contribution in [0.5, 0.6) is 0 Å². The van der Waals surface area contributed by atoms with Crippen LogP contribution < -0.4 is 0 Å². The van der Waals surface area contributed by atoms with Gasteiger partial charge in [-0.3, -0.25) is 0 Å². The van der Waals surface area contributed by atoms with Crippen LogP contribution >= 0.6 is 11.6 Å². The van der Waals surface area contributed by atoms with E-state index in [0.29, 0.717) is 25.0 Å². The minimum Gasteiger partial charge on any atom is -0.212 e. The molecule has 1 aromatic rings. The highest BCUT2D eigenvalue weighted by atomic mass is 35.5. The van der Waals surface area contributed by atoms with E-state index in [2.05, 4.69) is 0 Å². The second-order valence-corrected chi connectivity index (χ2v) is 15.1. The van der Waals surface area contributed by atoms with Gasteiger partial charge >= 0.3 is 0 Å². The first-order chi connectivity index (χ1) is 13.3. The summed E-state index contributed by atoms with van der Waals surface area (Å²) in [5.74, 6) is 0. The molecular formula is C15H25ClN2O8S4. The number of hydrogen-bond donors (Lipinski definition) is 0. The predicted molar refractivity (Wildman–Crippen MR) is 116 cm³/mol. The van der Waals surface area contributed by atoms with Crippen molar-refractivity contribution in [3.05, 3.63) is 34.9 Å². The average molecular weight is 525 g/mol. The molecule has 0 aromatic heterocycles. The molecule has 0 radical (unpaired) electrons. The predicted octanol–water partition coefficient (Wildman–Crippen LogP) is 0.992. The maximum atomic E-state index is 12.5. The Bertz CT molecular complexity index is 1130. The summed E-state index contributed by atoms with van der Waals surface area (Å²) in [6.45, 7) is 1.62. The topological polar surface area (TPSA) is 143 Å². The van der Waals surface area contributed by atoms with Gasteiger partial charge < -0.3 is 0 Å². The monoisotopic (exact) mass is 524 g/mol. The fourth-order valence-electron chi connectivity index (χ4n) is 3.25. The van der Waals surface area contributed by atoms with E-state index >= 15 is 0 Å². The molecule has 0 fully saturated rings. The Labute approximate surface area is 184 Å². The molecule has 0 heterocycles. The summed E-state index contributed by atoms with van der Waals surface area (Å²) in [5.41, 5.74) is -0.0502. The maximum absolute atomic E-state index is 12.5. The van der Waals surface area contributed by atoms with Crippen LogP contribution in [0, 0.1) is 0 Å². The molecule has 10 nitrogen and oxygen atoms in total. The van der Waals surface area contributed by atoms with Crippen LogP contribution in [0.3, 0.4) is 0 Å². The Morgan fingerprint density at radius 2 is 1.17 bits per heavy atom. The van der Waals surface area contributed by atoms with Crippen LogP contribution in [-0.4, -0.2) is 72.2 Å². The molecule has 30 heavy (non-hydrogen) atoms. The Morgan fingerprint density at radius 3 is 1.50 bits per heavy atom. The van der Waals surface area contributed by atoms with Gasteiger partial charge in [0.1, 0.15) is 0 Å². The lowest BCUT2D eigenvalue weighted by atomic mass is 9.97. The largest absolute Gasteiger partial charge is 0.224 e. The Balaban J connectivity index is 4.15. The highest BCUT2D eigenvalue weighted by Gasteiger charge is 2.48. The lowest BCUT2D eigenvalue weighted by Gasteiger charge is -2.38. The van der Waals surface area contributed by atoms with Gasteiger partial charge in [0.2, 0.25) is 40.1 Å². The van der Waals surface area contributed by atoms with Crippen LogP contribution in [-0.2, 0) is 40.1 Å². The van der Waals surface area contributed by atoms with Gasteiger partial charge in [0, 0.05) is 5.02 Å². The van der Waals surface area contributed by atoms with Crippen molar-refractivity contribution in [2.24, 2.45) is 0 Å². The van der Waals surface area contributed by atoms with Gasteiger partial charge in [-0.2, -0.15) is 0 Å². The highest BCUT2D eigenvalue weighted by molar-refractivity contribution is 8.04. The average Bonchev–Trinajstić information content (AvgIpc) is 2.47. The second-order valence-electron chi connectivity index (χ2n) is 6.83. The van der Waals surface area contributed by atoms with Crippen molar-refractivity contribution in [3.63, 3.8) is 0 Å². The summed E-state index contributed by atoms with van der Waals surface area (Å²) in [6, 6.07) is 2.28. The summed E-state index contributed by atoms with van der Waals surface area (Å²) in [5, 5.41) is -0.0529. The molecule has 174 valence electrons. The minimum atomic E-state index is -4.50. The van der Waals surface area contributed by atoms with Gasteiger partial charge in [0.15, 0.2) is 0 Å². The first-order valence-corrected chi connectivity index (χ1v) is 16.2. The molecule has 0 unspecified atom stereocenters. The molecule has 0 bridgehead atoms. The van der Waals surface area contributed by atoms with Gasteiger partial charge in [-0.05, 0) is 18.1 Å². The molecule has 0 saturated heterocycles. The summed E-state index contributed by atoms with van der Waals surface area (Å²) in [4.78, 5) is 0. The maximum Gasteiger partial charge on any atom is 0.224 e. The Hall–Kier alpha value is -0.770. The van der Waals surface area contributed by atoms with Crippen molar-refractivity contribution >= 4 is 51.7 Å². The zero-order valence-corrected chi connectivity index (χ0v) is 21.1. The Morgan fingerprint density at radius 1 is 0.767 bits per heavy atom. The summed E-state index contributed by atoms with van der Waals surface area (Å²) >= 11 is 6.21. The summed E-state index contributed by atoms with van der Waals surface area (Å²) < 4.78 is 100. The van der Waals surface area contributed by atoms with Crippen molar-refractivity contribution in [2.45, 2.75) is 31.8 Å². The number of halogens is 1. The first-order valence-electron chi connectivity index (χ1n) is 8.47. The molecular weight excluding hydrogens is 500 g/mol. The zero-order chi connectivity index (χ0) is 23.7. The van der Waals surface area contributed by atoms with E-state index in [1.165, 1.54) is 24.3 Å². The second kappa shape index (κ2) is 9.38. The molecule has 0 aliphatic rings. The van der Waals surface area contributed by atoms with Crippen LogP contribution in [0.15, 0.2) is 24.3 Å². The Kier molecular flexibility index (Phi) is 8.53. The standard InChI is InChI=1S/C15H25ClN2O8S4/c1-6-9-14(17(27(2,19)20)28(3,21)22)15(12-10-7-8-11-13(12)16)18(29(4,23)24)30(5,25)26/h7-8,10-11,14-15H,6,9H2,1-5H3/t14-,15+/m1/s1. The van der Waals surface area contributed by atoms with Gasteiger partial charge in [-0.15, -0.1) is 0 Å².